The van der Waals surface area contributed by atoms with Crippen molar-refractivity contribution in [3.05, 3.63) is 54.0 Å². The summed E-state index contributed by atoms with van der Waals surface area (Å²) in [5, 5.41) is 7.26. The van der Waals surface area contributed by atoms with Crippen molar-refractivity contribution >= 4 is 28.8 Å². The van der Waals surface area contributed by atoms with Crippen LogP contribution in [0.4, 0.5) is 15.9 Å². The number of anilines is 2. The highest BCUT2D eigenvalue weighted by Gasteiger charge is 2.35. The maximum absolute atomic E-state index is 13.4. The monoisotopic (exact) mass is 426 g/mol. The molecule has 6 heteroatoms. The zero-order valence-corrected chi connectivity index (χ0v) is 18.5. The predicted octanol–water partition coefficient (Wildman–Crippen LogP) is 5.26. The summed E-state index contributed by atoms with van der Waals surface area (Å²) in [6.45, 7) is 5.21. The van der Waals surface area contributed by atoms with Crippen LogP contribution in [-0.4, -0.2) is 29.7 Å². The number of nitrogens with zero attached hydrogens (tertiary/aromatic N) is 2. The van der Waals surface area contributed by atoms with E-state index < -0.39 is 0 Å². The van der Waals surface area contributed by atoms with Gasteiger partial charge in [-0.2, -0.15) is 0 Å². The summed E-state index contributed by atoms with van der Waals surface area (Å²) in [5.41, 5.74) is 2.11. The number of thiocarbonyl (C=S) groups is 1. The van der Waals surface area contributed by atoms with Crippen molar-refractivity contribution in [2.75, 3.05) is 29.9 Å². The lowest BCUT2D eigenvalue weighted by atomic mass is 9.79. The normalized spacial score (nSPS) is 20.7. The molecule has 0 unspecified atom stereocenters. The van der Waals surface area contributed by atoms with Gasteiger partial charge in [-0.3, -0.25) is 0 Å². The van der Waals surface area contributed by atoms with Gasteiger partial charge in [-0.05, 0) is 73.6 Å². The van der Waals surface area contributed by atoms with Gasteiger partial charge in [0.15, 0.2) is 5.11 Å². The number of benzene rings is 1. The minimum Gasteiger partial charge on any atom is -0.362 e. The van der Waals surface area contributed by atoms with Gasteiger partial charge < -0.3 is 15.5 Å². The van der Waals surface area contributed by atoms with Crippen molar-refractivity contribution in [1.29, 1.82) is 0 Å². The van der Waals surface area contributed by atoms with Crippen LogP contribution in [0.5, 0.6) is 0 Å². The Hall–Kier alpha value is -2.21. The summed E-state index contributed by atoms with van der Waals surface area (Å²) in [7, 11) is 0. The first-order chi connectivity index (χ1) is 14.5. The van der Waals surface area contributed by atoms with E-state index in [1.165, 1.54) is 31.2 Å². The summed E-state index contributed by atoms with van der Waals surface area (Å²) in [6, 6.07) is 11.1. The van der Waals surface area contributed by atoms with Crippen LogP contribution in [0.3, 0.4) is 0 Å². The van der Waals surface area contributed by atoms with E-state index in [0.29, 0.717) is 5.11 Å². The number of hydrogen-bond donors (Lipinski definition) is 2. The predicted molar refractivity (Wildman–Crippen MR) is 126 cm³/mol. The minimum absolute atomic E-state index is 0.0203. The average molecular weight is 427 g/mol. The number of hydrogen-bond acceptors (Lipinski definition) is 3. The molecule has 0 radical (unpaired) electrons. The average Bonchev–Trinajstić information content (AvgIpc) is 3.23. The molecule has 1 aliphatic heterocycles. The maximum atomic E-state index is 13.4. The second kappa shape index (κ2) is 9.29. The molecule has 2 N–H and O–H groups in total. The van der Waals surface area contributed by atoms with Crippen LogP contribution in [0, 0.1) is 11.7 Å². The zero-order valence-electron chi connectivity index (χ0n) is 17.7. The van der Waals surface area contributed by atoms with Gasteiger partial charge in [-0.1, -0.05) is 31.9 Å². The van der Waals surface area contributed by atoms with E-state index in [-0.39, 0.29) is 11.2 Å². The molecule has 1 saturated carbocycles. The minimum atomic E-state index is -0.188. The molecule has 2 heterocycles. The van der Waals surface area contributed by atoms with Gasteiger partial charge in [0.1, 0.15) is 11.6 Å². The molecule has 1 aromatic heterocycles. The lowest BCUT2D eigenvalue weighted by Crippen LogP contribution is -2.40. The summed E-state index contributed by atoms with van der Waals surface area (Å²) >= 11 is 5.54. The maximum Gasteiger partial charge on any atom is 0.170 e. The molecule has 4 nitrogen and oxygen atoms in total. The molecule has 4 rings (SSSR count). The van der Waals surface area contributed by atoms with E-state index in [2.05, 4.69) is 33.5 Å². The Morgan fingerprint density at radius 3 is 2.60 bits per heavy atom. The van der Waals surface area contributed by atoms with Crippen LogP contribution in [0.25, 0.3) is 0 Å². The van der Waals surface area contributed by atoms with E-state index in [0.717, 1.165) is 49.9 Å². The van der Waals surface area contributed by atoms with Crippen LogP contribution in [0.15, 0.2) is 42.6 Å². The van der Waals surface area contributed by atoms with E-state index in [9.17, 15) is 4.39 Å². The first-order valence-electron chi connectivity index (χ1n) is 11.1. The fourth-order valence-corrected chi connectivity index (χ4v) is 5.08. The second-order valence-corrected chi connectivity index (χ2v) is 9.31. The zero-order chi connectivity index (χ0) is 21.0. The highest BCUT2D eigenvalue weighted by molar-refractivity contribution is 7.80. The molecule has 2 aliphatic rings. The van der Waals surface area contributed by atoms with E-state index >= 15 is 0 Å². The van der Waals surface area contributed by atoms with Crippen LogP contribution in [-0.2, 0) is 5.41 Å². The van der Waals surface area contributed by atoms with Crippen LogP contribution >= 0.6 is 12.2 Å². The molecule has 1 aliphatic carbocycles. The van der Waals surface area contributed by atoms with E-state index in [4.69, 9.17) is 12.2 Å². The molecule has 1 aromatic carbocycles. The van der Waals surface area contributed by atoms with Crippen molar-refractivity contribution in [3.63, 3.8) is 0 Å². The summed E-state index contributed by atoms with van der Waals surface area (Å²) in [4.78, 5) is 7.00. The molecule has 30 heavy (non-hydrogen) atoms. The molecule has 0 amide bonds. The molecule has 0 bridgehead atoms. The quantitative estimate of drug-likeness (QED) is 0.639. The number of pyridine rings is 1. The van der Waals surface area contributed by atoms with Gasteiger partial charge >= 0.3 is 0 Å². The SMILES string of the molecule is C[C@H]1CCCN(c2ccc(NC(=S)NCC3(c4ccc(F)cc4)CCCC3)cn2)C1. The highest BCUT2D eigenvalue weighted by atomic mass is 32.1. The number of aromatic nitrogens is 1. The number of halogens is 1. The standard InChI is InChI=1S/C24H31FN4S/c1-18-5-4-14-29(16-18)22-11-10-21(15-26-22)28-23(30)27-17-24(12-2-3-13-24)19-6-8-20(25)9-7-19/h6-11,15,18H,2-5,12-14,16-17H2,1H3,(H2,27,28,30)/t18-/m0/s1. The van der Waals surface area contributed by atoms with Crippen LogP contribution < -0.4 is 15.5 Å². The third-order valence-electron chi connectivity index (χ3n) is 6.59. The lowest BCUT2D eigenvalue weighted by molar-refractivity contribution is 0.434. The molecule has 0 spiro atoms. The third-order valence-corrected chi connectivity index (χ3v) is 6.84. The molecular formula is C24H31FN4S. The third kappa shape index (κ3) is 4.91. The molecule has 1 atom stereocenters. The largest absolute Gasteiger partial charge is 0.362 e. The van der Waals surface area contributed by atoms with Crippen molar-refractivity contribution in [2.24, 2.45) is 5.92 Å². The van der Waals surface area contributed by atoms with Crippen LogP contribution in [0.1, 0.15) is 51.0 Å². The van der Waals surface area contributed by atoms with Crippen molar-refractivity contribution in [2.45, 2.75) is 50.9 Å². The van der Waals surface area contributed by atoms with Gasteiger partial charge in [0.05, 0.1) is 11.9 Å². The smallest absolute Gasteiger partial charge is 0.170 e. The lowest BCUT2D eigenvalue weighted by Gasteiger charge is -2.32. The van der Waals surface area contributed by atoms with Gasteiger partial charge in [-0.15, -0.1) is 0 Å². The highest BCUT2D eigenvalue weighted by Crippen LogP contribution is 2.40. The van der Waals surface area contributed by atoms with Gasteiger partial charge in [0.25, 0.3) is 0 Å². The Balaban J connectivity index is 1.34. The van der Waals surface area contributed by atoms with Crippen molar-refractivity contribution < 1.29 is 4.39 Å². The Morgan fingerprint density at radius 2 is 1.93 bits per heavy atom. The molecule has 2 aromatic rings. The number of rotatable bonds is 5. The molecule has 2 fully saturated rings. The fraction of sp³-hybridized carbons (Fsp3) is 0.500. The first kappa shape index (κ1) is 21.0. The number of nitrogens with one attached hydrogen (secondary N) is 2. The molecule has 1 saturated heterocycles. The number of piperidine rings is 1. The summed E-state index contributed by atoms with van der Waals surface area (Å²) < 4.78 is 13.4. The Labute approximate surface area is 184 Å². The molecule has 160 valence electrons. The van der Waals surface area contributed by atoms with E-state index in [1.807, 2.05) is 24.4 Å². The van der Waals surface area contributed by atoms with Crippen molar-refractivity contribution in [3.8, 4) is 0 Å². The topological polar surface area (TPSA) is 40.2 Å². The van der Waals surface area contributed by atoms with Crippen molar-refractivity contribution in [1.82, 2.24) is 10.3 Å². The Kier molecular flexibility index (Phi) is 6.52. The Bertz CT molecular complexity index is 847. The van der Waals surface area contributed by atoms with Crippen LogP contribution in [0.2, 0.25) is 0 Å². The second-order valence-electron chi connectivity index (χ2n) is 8.90. The molecular weight excluding hydrogens is 395 g/mol. The summed E-state index contributed by atoms with van der Waals surface area (Å²) in [5.74, 6) is 1.57. The van der Waals surface area contributed by atoms with Gasteiger partial charge in [-0.25, -0.2) is 9.37 Å². The van der Waals surface area contributed by atoms with Gasteiger partial charge in [0.2, 0.25) is 0 Å². The van der Waals surface area contributed by atoms with Gasteiger partial charge in [0, 0.05) is 25.0 Å². The fourth-order valence-electron chi connectivity index (χ4n) is 4.89. The first-order valence-corrected chi connectivity index (χ1v) is 11.5. The van der Waals surface area contributed by atoms with E-state index in [1.54, 1.807) is 12.1 Å². The Morgan fingerprint density at radius 1 is 1.17 bits per heavy atom. The summed E-state index contributed by atoms with van der Waals surface area (Å²) in [6.07, 6.45) is 8.97.